The maximum absolute atomic E-state index is 12.7. The molecule has 8 heteroatoms. The molecule has 0 bridgehead atoms. The first-order chi connectivity index (χ1) is 12.4. The van der Waals surface area contributed by atoms with Gasteiger partial charge >= 0.3 is 0 Å². The quantitative estimate of drug-likeness (QED) is 0.742. The van der Waals surface area contributed by atoms with Crippen molar-refractivity contribution in [3.05, 3.63) is 77.6 Å². The van der Waals surface area contributed by atoms with E-state index >= 15 is 0 Å². The molecule has 0 saturated carbocycles. The van der Waals surface area contributed by atoms with Crippen molar-refractivity contribution in [2.45, 2.75) is 25.3 Å². The van der Waals surface area contributed by atoms with Crippen molar-refractivity contribution >= 4 is 15.9 Å². The summed E-state index contributed by atoms with van der Waals surface area (Å²) in [5.74, 6) is -0.383. The van der Waals surface area contributed by atoms with Gasteiger partial charge in [0.2, 0.25) is 0 Å². The second kappa shape index (κ2) is 7.09. The summed E-state index contributed by atoms with van der Waals surface area (Å²) in [5, 5.41) is 2.70. The third-order valence-electron chi connectivity index (χ3n) is 3.84. The van der Waals surface area contributed by atoms with Crippen molar-refractivity contribution in [3.63, 3.8) is 0 Å². The smallest absolute Gasteiger partial charge is 0.267 e. The van der Waals surface area contributed by atoms with Crippen LogP contribution in [0.5, 0.6) is 0 Å². The van der Waals surface area contributed by atoms with E-state index in [0.29, 0.717) is 11.3 Å². The summed E-state index contributed by atoms with van der Waals surface area (Å²) in [5.41, 5.74) is 2.31. The van der Waals surface area contributed by atoms with Crippen LogP contribution in [0.15, 0.2) is 60.0 Å². The lowest BCUT2D eigenvalue weighted by molar-refractivity contribution is 0.0950. The van der Waals surface area contributed by atoms with Gasteiger partial charge in [-0.25, -0.2) is 12.4 Å². The molecule has 0 atom stereocenters. The van der Waals surface area contributed by atoms with E-state index in [1.54, 1.807) is 43.6 Å². The topological polar surface area (TPSA) is 94.0 Å². The number of aryl methyl sites for hydroxylation is 2. The van der Waals surface area contributed by atoms with Gasteiger partial charge < -0.3 is 5.32 Å². The lowest BCUT2D eigenvalue weighted by Gasteiger charge is -2.08. The van der Waals surface area contributed by atoms with Gasteiger partial charge in [-0.3, -0.25) is 14.8 Å². The molecule has 2 heterocycles. The lowest BCUT2D eigenvalue weighted by atomic mass is 10.2. The Bertz CT molecular complexity index is 1040. The zero-order valence-corrected chi connectivity index (χ0v) is 15.2. The highest BCUT2D eigenvalue weighted by atomic mass is 32.2. The number of carbonyl (C=O) groups is 1. The van der Waals surface area contributed by atoms with Gasteiger partial charge in [0.05, 0.1) is 34.6 Å². The monoisotopic (exact) mass is 370 g/mol. The van der Waals surface area contributed by atoms with Crippen molar-refractivity contribution in [1.82, 2.24) is 19.3 Å². The largest absolute Gasteiger partial charge is 0.346 e. The Labute approximate surface area is 151 Å². The van der Waals surface area contributed by atoms with Gasteiger partial charge in [0.15, 0.2) is 0 Å². The molecule has 7 nitrogen and oxygen atoms in total. The fourth-order valence-corrected chi connectivity index (χ4v) is 3.83. The van der Waals surface area contributed by atoms with Gasteiger partial charge in [-0.15, -0.1) is 0 Å². The first kappa shape index (κ1) is 17.8. The molecule has 26 heavy (non-hydrogen) atoms. The summed E-state index contributed by atoms with van der Waals surface area (Å²) >= 11 is 0. The Morgan fingerprint density at radius 1 is 1.12 bits per heavy atom. The number of amides is 1. The van der Waals surface area contributed by atoms with E-state index in [2.05, 4.69) is 15.3 Å². The predicted octanol–water partition coefficient (Wildman–Crippen LogP) is 2.06. The number of nitrogens with zero attached hydrogens (tertiary/aromatic N) is 3. The van der Waals surface area contributed by atoms with Crippen LogP contribution in [0.2, 0.25) is 0 Å². The van der Waals surface area contributed by atoms with Crippen LogP contribution in [0.4, 0.5) is 0 Å². The molecule has 0 saturated heterocycles. The fourth-order valence-electron chi connectivity index (χ4n) is 2.40. The number of aromatic nitrogens is 3. The molecule has 0 aliphatic carbocycles. The summed E-state index contributed by atoms with van der Waals surface area (Å²) in [7, 11) is -3.74. The van der Waals surface area contributed by atoms with Crippen LogP contribution < -0.4 is 5.32 Å². The summed E-state index contributed by atoms with van der Waals surface area (Å²) in [6.07, 6.45) is 5.87. The first-order valence-electron chi connectivity index (χ1n) is 7.93. The van der Waals surface area contributed by atoms with Gasteiger partial charge in [-0.1, -0.05) is 18.2 Å². The minimum atomic E-state index is -3.74. The predicted molar refractivity (Wildman–Crippen MR) is 96.1 cm³/mol. The maximum atomic E-state index is 12.7. The Hall–Kier alpha value is -3.00. The molecule has 0 spiro atoms. The van der Waals surface area contributed by atoms with Crippen molar-refractivity contribution in [2.24, 2.45) is 0 Å². The molecule has 134 valence electrons. The van der Waals surface area contributed by atoms with Crippen molar-refractivity contribution in [1.29, 1.82) is 0 Å². The third-order valence-corrected chi connectivity index (χ3v) is 5.64. The van der Waals surface area contributed by atoms with E-state index in [-0.39, 0.29) is 22.9 Å². The molecule has 0 aliphatic heterocycles. The normalized spacial score (nSPS) is 11.3. The average Bonchev–Trinajstić information content (AvgIpc) is 3.12. The number of benzene rings is 1. The van der Waals surface area contributed by atoms with Crippen LogP contribution in [0.25, 0.3) is 0 Å². The second-order valence-electron chi connectivity index (χ2n) is 5.83. The van der Waals surface area contributed by atoms with Gasteiger partial charge in [-0.05, 0) is 31.5 Å². The van der Waals surface area contributed by atoms with E-state index in [0.717, 1.165) is 9.67 Å². The van der Waals surface area contributed by atoms with E-state index < -0.39 is 10.0 Å². The highest BCUT2D eigenvalue weighted by Gasteiger charge is 2.20. The molecule has 1 amide bonds. The number of carbonyl (C=O) groups excluding carboxylic acids is 1. The summed E-state index contributed by atoms with van der Waals surface area (Å²) < 4.78 is 26.5. The van der Waals surface area contributed by atoms with Crippen LogP contribution >= 0.6 is 0 Å². The van der Waals surface area contributed by atoms with E-state index in [1.165, 1.54) is 18.5 Å². The molecule has 0 radical (unpaired) electrons. The molecule has 3 rings (SSSR count). The molecule has 1 aromatic carbocycles. The second-order valence-corrected chi connectivity index (χ2v) is 7.64. The third kappa shape index (κ3) is 3.65. The molecule has 0 aliphatic rings. The Kier molecular flexibility index (Phi) is 4.85. The van der Waals surface area contributed by atoms with Crippen LogP contribution in [0.3, 0.4) is 0 Å². The van der Waals surface area contributed by atoms with Crippen LogP contribution in [0.1, 0.15) is 27.3 Å². The SMILES string of the molecule is Cc1cnc(CNC(=O)c2ccn(S(=O)(=O)c3ccccc3C)c2)cn1. The van der Waals surface area contributed by atoms with Crippen LogP contribution in [-0.4, -0.2) is 28.3 Å². The van der Waals surface area contributed by atoms with Gasteiger partial charge in [0.25, 0.3) is 15.9 Å². The van der Waals surface area contributed by atoms with E-state index in [1.807, 2.05) is 6.92 Å². The zero-order chi connectivity index (χ0) is 18.7. The fraction of sp³-hybridized carbons (Fsp3) is 0.167. The molecule has 1 N–H and O–H groups in total. The molecular formula is C18H18N4O3S. The zero-order valence-electron chi connectivity index (χ0n) is 14.4. The highest BCUT2D eigenvalue weighted by molar-refractivity contribution is 7.90. The summed E-state index contributed by atoms with van der Waals surface area (Å²) in [4.78, 5) is 20.7. The standard InChI is InChI=1S/C18H18N4O3S/c1-13-5-3-4-6-17(13)26(24,25)22-8-7-15(12-22)18(23)21-11-16-10-19-14(2)9-20-16/h3-10,12H,11H2,1-2H3,(H,21,23). The lowest BCUT2D eigenvalue weighted by Crippen LogP contribution is -2.23. The van der Waals surface area contributed by atoms with E-state index in [4.69, 9.17) is 0 Å². The maximum Gasteiger partial charge on any atom is 0.267 e. The molecule has 3 aromatic rings. The minimum absolute atomic E-state index is 0.206. The van der Waals surface area contributed by atoms with E-state index in [9.17, 15) is 13.2 Å². The number of hydrogen-bond donors (Lipinski definition) is 1. The Morgan fingerprint density at radius 2 is 1.88 bits per heavy atom. The summed E-state index contributed by atoms with van der Waals surface area (Å²) in [6.45, 7) is 3.77. The van der Waals surface area contributed by atoms with Gasteiger partial charge in [0.1, 0.15) is 0 Å². The van der Waals surface area contributed by atoms with Gasteiger partial charge in [0, 0.05) is 18.6 Å². The number of hydrogen-bond acceptors (Lipinski definition) is 5. The average molecular weight is 370 g/mol. The Balaban J connectivity index is 1.76. The number of nitrogens with one attached hydrogen (secondary N) is 1. The summed E-state index contributed by atoms with van der Waals surface area (Å²) in [6, 6.07) is 8.18. The Morgan fingerprint density at radius 3 is 2.58 bits per heavy atom. The molecule has 0 fully saturated rings. The first-order valence-corrected chi connectivity index (χ1v) is 9.37. The van der Waals surface area contributed by atoms with Crippen molar-refractivity contribution in [2.75, 3.05) is 0 Å². The van der Waals surface area contributed by atoms with Crippen LogP contribution in [-0.2, 0) is 16.6 Å². The molecule has 2 aromatic heterocycles. The van der Waals surface area contributed by atoms with Crippen molar-refractivity contribution in [3.8, 4) is 0 Å². The van der Waals surface area contributed by atoms with Crippen molar-refractivity contribution < 1.29 is 13.2 Å². The number of rotatable bonds is 5. The van der Waals surface area contributed by atoms with Gasteiger partial charge in [-0.2, -0.15) is 0 Å². The van der Waals surface area contributed by atoms with Crippen LogP contribution in [0, 0.1) is 13.8 Å². The molecule has 0 unspecified atom stereocenters. The highest BCUT2D eigenvalue weighted by Crippen LogP contribution is 2.18. The minimum Gasteiger partial charge on any atom is -0.346 e. The molecular weight excluding hydrogens is 352 g/mol.